The summed E-state index contributed by atoms with van der Waals surface area (Å²) in [5.74, 6) is 1.47. The molecule has 1 aliphatic rings. The minimum atomic E-state index is -0.201. The number of piperidine rings is 1. The van der Waals surface area contributed by atoms with Crippen molar-refractivity contribution in [1.29, 1.82) is 0 Å². The van der Waals surface area contributed by atoms with Gasteiger partial charge in [0, 0.05) is 63.1 Å². The number of pyridine rings is 1. The highest BCUT2D eigenvalue weighted by Crippen LogP contribution is 2.24. The van der Waals surface area contributed by atoms with Crippen molar-refractivity contribution in [3.8, 4) is 0 Å². The number of amides is 1. The summed E-state index contributed by atoms with van der Waals surface area (Å²) in [6, 6.07) is 4.22. The van der Waals surface area contributed by atoms with Gasteiger partial charge in [-0.1, -0.05) is 6.07 Å². The Hall–Kier alpha value is -2.37. The van der Waals surface area contributed by atoms with Crippen molar-refractivity contribution in [1.82, 2.24) is 25.4 Å². The Balaban J connectivity index is 0.00000385. The van der Waals surface area contributed by atoms with Gasteiger partial charge in [0.2, 0.25) is 5.91 Å². The molecule has 1 atom stereocenters. The van der Waals surface area contributed by atoms with Gasteiger partial charge < -0.3 is 21.3 Å². The molecule has 2 aromatic rings. The van der Waals surface area contributed by atoms with Crippen molar-refractivity contribution in [3.05, 3.63) is 40.8 Å². The van der Waals surface area contributed by atoms with Crippen molar-refractivity contribution >= 4 is 41.7 Å². The minimum Gasteiger partial charge on any atom is -0.369 e. The molecule has 0 saturated carbocycles. The van der Waals surface area contributed by atoms with Crippen molar-refractivity contribution in [2.75, 3.05) is 25.0 Å². The number of nitrogens with two attached hydrogens (primary N) is 1. The number of nitrogens with zero attached hydrogens (tertiary/aromatic N) is 5. The molecule has 0 aromatic carbocycles. The molecule has 4 N–H and O–H groups in total. The third-order valence-corrected chi connectivity index (χ3v) is 6.29. The lowest BCUT2D eigenvalue weighted by Gasteiger charge is -2.32. The van der Waals surface area contributed by atoms with Gasteiger partial charge in [-0.15, -0.1) is 24.0 Å². The summed E-state index contributed by atoms with van der Waals surface area (Å²) in [7, 11) is 3.76. The van der Waals surface area contributed by atoms with E-state index in [1.54, 1.807) is 7.05 Å². The highest BCUT2D eigenvalue weighted by molar-refractivity contribution is 14.0. The summed E-state index contributed by atoms with van der Waals surface area (Å²) < 4.78 is 1.93. The van der Waals surface area contributed by atoms with E-state index in [-0.39, 0.29) is 41.8 Å². The number of primary amides is 1. The fourth-order valence-electron chi connectivity index (χ4n) is 4.31. The van der Waals surface area contributed by atoms with E-state index < -0.39 is 0 Å². The molecule has 33 heavy (non-hydrogen) atoms. The molecule has 1 saturated heterocycles. The molecule has 0 aliphatic carbocycles. The minimum absolute atomic E-state index is 0. The molecule has 1 amide bonds. The van der Waals surface area contributed by atoms with Crippen LogP contribution in [0.3, 0.4) is 0 Å². The Bertz CT molecular complexity index is 965. The average Bonchev–Trinajstić information content (AvgIpc) is 3.02. The Morgan fingerprint density at radius 1 is 1.33 bits per heavy atom. The zero-order chi connectivity index (χ0) is 23.3. The van der Waals surface area contributed by atoms with Gasteiger partial charge in [0.15, 0.2) is 5.96 Å². The molecule has 0 bridgehead atoms. The van der Waals surface area contributed by atoms with E-state index in [2.05, 4.69) is 57.4 Å². The van der Waals surface area contributed by atoms with E-state index in [4.69, 9.17) is 5.73 Å². The quantitative estimate of drug-likeness (QED) is 0.268. The number of hydrogen-bond acceptors (Lipinski definition) is 5. The topological polar surface area (TPSA) is 113 Å². The van der Waals surface area contributed by atoms with Crippen molar-refractivity contribution < 1.29 is 4.79 Å². The number of guanidine groups is 1. The van der Waals surface area contributed by atoms with Crippen LogP contribution in [0.1, 0.15) is 42.3 Å². The van der Waals surface area contributed by atoms with Crippen molar-refractivity contribution in [2.24, 2.45) is 23.7 Å². The van der Waals surface area contributed by atoms with Crippen LogP contribution in [0, 0.1) is 19.8 Å². The third-order valence-electron chi connectivity index (χ3n) is 6.29. The molecule has 1 unspecified atom stereocenters. The summed E-state index contributed by atoms with van der Waals surface area (Å²) in [5, 5.41) is 11.4. The summed E-state index contributed by atoms with van der Waals surface area (Å²) >= 11 is 0. The molecule has 9 nitrogen and oxygen atoms in total. The number of anilines is 1. The number of carbonyl (C=O) groups is 1. The average molecular weight is 569 g/mol. The SMILES string of the molecule is CN=C(NCc1cccnc1N1CCC(C(N)=O)CC1)NC(C)Cc1c(C)nn(C)c1C.I. The molecule has 182 valence electrons. The number of nitrogens with one attached hydrogen (secondary N) is 2. The Morgan fingerprint density at radius 3 is 2.61 bits per heavy atom. The highest BCUT2D eigenvalue weighted by atomic mass is 127. The molecular formula is C23H37IN8O. The Morgan fingerprint density at radius 2 is 2.03 bits per heavy atom. The maximum Gasteiger partial charge on any atom is 0.220 e. The van der Waals surface area contributed by atoms with Crippen LogP contribution in [-0.2, 0) is 24.8 Å². The lowest BCUT2D eigenvalue weighted by Crippen LogP contribution is -2.43. The zero-order valence-corrected chi connectivity index (χ0v) is 22.6. The molecule has 1 aliphatic heterocycles. The van der Waals surface area contributed by atoms with Crippen LogP contribution in [-0.4, -0.2) is 52.8 Å². The second-order valence-electron chi connectivity index (χ2n) is 8.60. The van der Waals surface area contributed by atoms with Gasteiger partial charge in [-0.3, -0.25) is 14.5 Å². The largest absolute Gasteiger partial charge is 0.369 e. The standard InChI is InChI=1S/C23H36N8O.HI/c1-15(13-20-16(2)29-30(5)17(20)3)28-23(25-4)27-14-19-7-6-10-26-22(19)31-11-8-18(9-12-31)21(24)32;/h6-7,10,15,18H,8-9,11-14H2,1-5H3,(H2,24,32)(H2,25,27,28);1H. The second-order valence-corrected chi connectivity index (χ2v) is 8.60. The van der Waals surface area contributed by atoms with Gasteiger partial charge in [0.05, 0.1) is 5.69 Å². The van der Waals surface area contributed by atoms with Gasteiger partial charge in [0.25, 0.3) is 0 Å². The predicted octanol–water partition coefficient (Wildman–Crippen LogP) is 2.05. The maximum atomic E-state index is 11.5. The summed E-state index contributed by atoms with van der Waals surface area (Å²) in [5.41, 5.74) is 10.1. The molecular weight excluding hydrogens is 531 g/mol. The number of halogens is 1. The Labute approximate surface area is 213 Å². The van der Waals surface area contributed by atoms with Crippen molar-refractivity contribution in [3.63, 3.8) is 0 Å². The third kappa shape index (κ3) is 6.81. The number of aryl methyl sites for hydroxylation is 2. The molecule has 3 rings (SSSR count). The molecule has 10 heteroatoms. The molecule has 1 fully saturated rings. The van der Waals surface area contributed by atoms with Gasteiger partial charge >= 0.3 is 0 Å². The first-order valence-corrected chi connectivity index (χ1v) is 11.2. The number of rotatable bonds is 7. The summed E-state index contributed by atoms with van der Waals surface area (Å²) in [4.78, 5) is 22.7. The number of aromatic nitrogens is 3. The number of aliphatic imine (C=N–C) groups is 1. The van der Waals surface area contributed by atoms with Crippen LogP contribution in [0.5, 0.6) is 0 Å². The van der Waals surface area contributed by atoms with Crippen LogP contribution in [0.25, 0.3) is 0 Å². The fourth-order valence-corrected chi connectivity index (χ4v) is 4.31. The lowest BCUT2D eigenvalue weighted by molar-refractivity contribution is -0.122. The maximum absolute atomic E-state index is 11.5. The van der Waals surface area contributed by atoms with Crippen LogP contribution >= 0.6 is 24.0 Å². The zero-order valence-electron chi connectivity index (χ0n) is 20.3. The van der Waals surface area contributed by atoms with E-state index in [1.165, 1.54) is 11.3 Å². The first-order valence-electron chi connectivity index (χ1n) is 11.2. The monoisotopic (exact) mass is 568 g/mol. The molecule has 2 aromatic heterocycles. The van der Waals surface area contributed by atoms with Crippen LogP contribution in [0.15, 0.2) is 23.3 Å². The second kappa shape index (κ2) is 12.2. The van der Waals surface area contributed by atoms with Gasteiger partial charge in [-0.2, -0.15) is 5.10 Å². The van der Waals surface area contributed by atoms with Crippen LogP contribution in [0.4, 0.5) is 5.82 Å². The summed E-state index contributed by atoms with van der Waals surface area (Å²) in [6.07, 6.45) is 4.23. The van der Waals surface area contributed by atoms with Crippen molar-refractivity contribution in [2.45, 2.75) is 52.6 Å². The van der Waals surface area contributed by atoms with E-state index in [0.29, 0.717) is 6.54 Å². The van der Waals surface area contributed by atoms with Gasteiger partial charge in [0.1, 0.15) is 5.82 Å². The number of carbonyl (C=O) groups excluding carboxylic acids is 1. The number of hydrogen-bond donors (Lipinski definition) is 3. The van der Waals surface area contributed by atoms with E-state index in [0.717, 1.165) is 55.4 Å². The fraction of sp³-hybridized carbons (Fsp3) is 0.565. The summed E-state index contributed by atoms with van der Waals surface area (Å²) in [6.45, 7) is 8.48. The smallest absolute Gasteiger partial charge is 0.220 e. The molecule has 0 radical (unpaired) electrons. The van der Waals surface area contributed by atoms with Gasteiger partial charge in [-0.25, -0.2) is 4.98 Å². The predicted molar refractivity (Wildman–Crippen MR) is 143 cm³/mol. The highest BCUT2D eigenvalue weighted by Gasteiger charge is 2.25. The molecule has 0 spiro atoms. The van der Waals surface area contributed by atoms with Crippen LogP contribution < -0.4 is 21.3 Å². The van der Waals surface area contributed by atoms with E-state index in [1.807, 2.05) is 24.0 Å². The Kier molecular flexibility index (Phi) is 9.93. The van der Waals surface area contributed by atoms with Gasteiger partial charge in [-0.05, 0) is 51.7 Å². The van der Waals surface area contributed by atoms with Crippen LogP contribution in [0.2, 0.25) is 0 Å². The van der Waals surface area contributed by atoms with E-state index in [9.17, 15) is 4.79 Å². The first-order chi connectivity index (χ1) is 15.3. The lowest BCUT2D eigenvalue weighted by atomic mass is 9.96. The normalized spacial score (nSPS) is 15.7. The first kappa shape index (κ1) is 26.9. The van der Waals surface area contributed by atoms with E-state index >= 15 is 0 Å². The molecule has 3 heterocycles.